The van der Waals surface area contributed by atoms with Crippen LogP contribution in [0, 0.1) is 6.92 Å². The van der Waals surface area contributed by atoms with Gasteiger partial charge in [-0.1, -0.05) is 67.1 Å². The largest absolute Gasteiger partial charge is 0.355 e. The molecule has 0 spiro atoms. The van der Waals surface area contributed by atoms with Crippen LogP contribution in [0.4, 0.5) is 0 Å². The lowest BCUT2D eigenvalue weighted by atomic mass is 10.1. The molecule has 1 N–H and O–H groups in total. The normalized spacial score (nSPS) is 12.5. The Morgan fingerprint density at radius 2 is 1.60 bits per heavy atom. The van der Waals surface area contributed by atoms with Crippen molar-refractivity contribution in [1.82, 2.24) is 14.5 Å². The Labute approximate surface area is 207 Å². The lowest BCUT2D eigenvalue weighted by molar-refractivity contribution is -0.141. The van der Waals surface area contributed by atoms with Gasteiger partial charge in [0.15, 0.2) is 0 Å². The molecule has 0 aliphatic rings. The van der Waals surface area contributed by atoms with Crippen LogP contribution in [0.2, 0.25) is 0 Å². The van der Waals surface area contributed by atoms with Crippen LogP contribution in [-0.4, -0.2) is 55.6 Å². The van der Waals surface area contributed by atoms with Gasteiger partial charge >= 0.3 is 0 Å². The number of sulfonamides is 1. The first-order chi connectivity index (χ1) is 16.7. The van der Waals surface area contributed by atoms with E-state index in [-0.39, 0.29) is 23.9 Å². The summed E-state index contributed by atoms with van der Waals surface area (Å²) in [4.78, 5) is 27.8. The van der Waals surface area contributed by atoms with E-state index in [4.69, 9.17) is 0 Å². The van der Waals surface area contributed by atoms with Gasteiger partial charge in [-0.25, -0.2) is 8.42 Å². The molecule has 3 aromatic carbocycles. The molecule has 0 bridgehead atoms. The first-order valence-electron chi connectivity index (χ1n) is 11.7. The molecule has 3 aromatic rings. The molecule has 0 heterocycles. The van der Waals surface area contributed by atoms with E-state index in [1.165, 1.54) is 11.9 Å². The molecule has 1 atom stereocenters. The van der Waals surface area contributed by atoms with Gasteiger partial charge in [-0.2, -0.15) is 4.31 Å². The topological polar surface area (TPSA) is 86.8 Å². The minimum absolute atomic E-state index is 0.118. The van der Waals surface area contributed by atoms with Crippen LogP contribution in [0.1, 0.15) is 31.4 Å². The van der Waals surface area contributed by atoms with Gasteiger partial charge in [0.25, 0.3) is 0 Å². The molecule has 0 aliphatic heterocycles. The fourth-order valence-electron chi connectivity index (χ4n) is 3.98. The maximum atomic E-state index is 13.5. The van der Waals surface area contributed by atoms with E-state index >= 15 is 0 Å². The number of rotatable bonds is 10. The zero-order valence-corrected chi connectivity index (χ0v) is 21.5. The highest BCUT2D eigenvalue weighted by Gasteiger charge is 2.31. The minimum atomic E-state index is -3.92. The standard InChI is InChI=1S/C27H33N3O4S/c1-5-25(27(32)28-6-2)30(18-21-13-11-20(3)12-14-21)26(31)19-29(4)35(33,34)24-16-15-22-9-7-8-10-23(22)17-24/h7-17,25H,5-6,18-19H2,1-4H3,(H,28,32). The third-order valence-electron chi connectivity index (χ3n) is 6.00. The van der Waals surface area contributed by atoms with Gasteiger partial charge in [-0.3, -0.25) is 9.59 Å². The first kappa shape index (κ1) is 26.4. The second-order valence-corrected chi connectivity index (χ2v) is 10.6. The van der Waals surface area contributed by atoms with Crippen LogP contribution in [0.5, 0.6) is 0 Å². The highest BCUT2D eigenvalue weighted by atomic mass is 32.2. The number of benzene rings is 3. The van der Waals surface area contributed by atoms with E-state index < -0.39 is 22.0 Å². The molecule has 2 amide bonds. The van der Waals surface area contributed by atoms with Crippen molar-refractivity contribution in [2.24, 2.45) is 0 Å². The van der Waals surface area contributed by atoms with Gasteiger partial charge < -0.3 is 10.2 Å². The molecule has 0 aliphatic carbocycles. The predicted molar refractivity (Wildman–Crippen MR) is 138 cm³/mol. The van der Waals surface area contributed by atoms with Crippen LogP contribution in [0.15, 0.2) is 71.6 Å². The number of fused-ring (bicyclic) bond motifs is 1. The van der Waals surface area contributed by atoms with E-state index in [2.05, 4.69) is 5.32 Å². The second kappa shape index (κ2) is 11.5. The number of likely N-dealkylation sites (N-methyl/N-ethyl adjacent to an activating group) is 2. The van der Waals surface area contributed by atoms with Crippen LogP contribution >= 0.6 is 0 Å². The quantitative estimate of drug-likeness (QED) is 0.465. The molecule has 3 rings (SSSR count). The third kappa shape index (κ3) is 6.26. The number of hydrogen-bond donors (Lipinski definition) is 1. The minimum Gasteiger partial charge on any atom is -0.355 e. The van der Waals surface area contributed by atoms with Crippen LogP contribution < -0.4 is 5.32 Å². The summed E-state index contributed by atoms with van der Waals surface area (Å²) in [6.45, 7) is 5.90. The molecule has 186 valence electrons. The molecule has 0 aromatic heterocycles. The van der Waals surface area contributed by atoms with Crippen molar-refractivity contribution in [3.63, 3.8) is 0 Å². The summed E-state index contributed by atoms with van der Waals surface area (Å²) in [5.41, 5.74) is 1.95. The van der Waals surface area contributed by atoms with Crippen molar-refractivity contribution in [3.8, 4) is 0 Å². The van der Waals surface area contributed by atoms with E-state index in [1.54, 1.807) is 18.2 Å². The number of amides is 2. The van der Waals surface area contributed by atoms with Gasteiger partial charge in [0.2, 0.25) is 21.8 Å². The number of carbonyl (C=O) groups excluding carboxylic acids is 2. The maximum Gasteiger partial charge on any atom is 0.243 e. The lowest BCUT2D eigenvalue weighted by Gasteiger charge is -2.32. The molecule has 7 nitrogen and oxygen atoms in total. The SMILES string of the molecule is CCNC(=O)C(CC)N(Cc1ccc(C)cc1)C(=O)CN(C)S(=O)(=O)c1ccc2ccccc2c1. The maximum absolute atomic E-state index is 13.5. The Balaban J connectivity index is 1.87. The fraction of sp³-hybridized carbons (Fsp3) is 0.333. The van der Waals surface area contributed by atoms with E-state index in [0.717, 1.165) is 26.2 Å². The number of aryl methyl sites for hydroxylation is 1. The molecule has 8 heteroatoms. The molecule has 0 saturated carbocycles. The average Bonchev–Trinajstić information content (AvgIpc) is 2.84. The van der Waals surface area contributed by atoms with Gasteiger partial charge in [0.05, 0.1) is 11.4 Å². The van der Waals surface area contributed by atoms with Crippen LogP contribution in [0.3, 0.4) is 0 Å². The average molecular weight is 496 g/mol. The number of nitrogens with one attached hydrogen (secondary N) is 1. The van der Waals surface area contributed by atoms with Crippen LogP contribution in [-0.2, 0) is 26.2 Å². The highest BCUT2D eigenvalue weighted by Crippen LogP contribution is 2.22. The summed E-state index contributed by atoms with van der Waals surface area (Å²) in [5, 5.41) is 4.52. The number of hydrogen-bond acceptors (Lipinski definition) is 4. The van der Waals surface area contributed by atoms with Gasteiger partial charge in [-0.15, -0.1) is 0 Å². The summed E-state index contributed by atoms with van der Waals surface area (Å²) >= 11 is 0. The Morgan fingerprint density at radius 3 is 2.23 bits per heavy atom. The molecule has 0 radical (unpaired) electrons. The third-order valence-corrected chi connectivity index (χ3v) is 7.80. The monoisotopic (exact) mass is 495 g/mol. The summed E-state index contributed by atoms with van der Waals surface area (Å²) in [5.74, 6) is -0.689. The predicted octanol–water partition coefficient (Wildman–Crippen LogP) is 3.71. The van der Waals surface area contributed by atoms with E-state index in [0.29, 0.717) is 13.0 Å². The zero-order valence-electron chi connectivity index (χ0n) is 20.7. The van der Waals surface area contributed by atoms with Gasteiger partial charge in [-0.05, 0) is 48.7 Å². The summed E-state index contributed by atoms with van der Waals surface area (Å²) in [6.07, 6.45) is 0.407. The smallest absolute Gasteiger partial charge is 0.243 e. The van der Waals surface area contributed by atoms with Crippen molar-refractivity contribution in [2.45, 2.75) is 44.7 Å². The summed E-state index contributed by atoms with van der Waals surface area (Å²) < 4.78 is 27.6. The lowest BCUT2D eigenvalue weighted by Crippen LogP contribution is -2.51. The highest BCUT2D eigenvalue weighted by molar-refractivity contribution is 7.89. The zero-order chi connectivity index (χ0) is 25.6. The second-order valence-electron chi connectivity index (χ2n) is 8.60. The number of nitrogens with zero attached hydrogens (tertiary/aromatic N) is 2. The van der Waals surface area contributed by atoms with E-state index in [1.807, 2.05) is 69.3 Å². The molecular formula is C27H33N3O4S. The Morgan fingerprint density at radius 1 is 0.943 bits per heavy atom. The summed E-state index contributed by atoms with van der Waals surface area (Å²) in [7, 11) is -2.53. The Kier molecular flexibility index (Phi) is 8.64. The van der Waals surface area contributed by atoms with Crippen molar-refractivity contribution in [2.75, 3.05) is 20.1 Å². The summed E-state index contributed by atoms with van der Waals surface area (Å²) in [6, 6.07) is 19.4. The van der Waals surface area contributed by atoms with Gasteiger partial charge in [0, 0.05) is 20.1 Å². The molecule has 0 fully saturated rings. The van der Waals surface area contributed by atoms with Crippen molar-refractivity contribution >= 4 is 32.6 Å². The first-order valence-corrected chi connectivity index (χ1v) is 13.2. The Bertz CT molecular complexity index is 1290. The molecule has 35 heavy (non-hydrogen) atoms. The van der Waals surface area contributed by atoms with Gasteiger partial charge in [0.1, 0.15) is 6.04 Å². The van der Waals surface area contributed by atoms with Crippen molar-refractivity contribution in [3.05, 3.63) is 77.9 Å². The molecule has 0 saturated heterocycles. The van der Waals surface area contributed by atoms with Crippen molar-refractivity contribution in [1.29, 1.82) is 0 Å². The van der Waals surface area contributed by atoms with Crippen LogP contribution in [0.25, 0.3) is 10.8 Å². The molecular weight excluding hydrogens is 462 g/mol. The number of carbonyl (C=O) groups is 2. The molecule has 1 unspecified atom stereocenters. The fourth-order valence-corrected chi connectivity index (χ4v) is 5.13. The Hall–Kier alpha value is -3.23. The van der Waals surface area contributed by atoms with Crippen molar-refractivity contribution < 1.29 is 18.0 Å². The van der Waals surface area contributed by atoms with E-state index in [9.17, 15) is 18.0 Å².